The monoisotopic (exact) mass is 443 g/mol. The smallest absolute Gasteiger partial charge is 0.410 e. The highest BCUT2D eigenvalue weighted by molar-refractivity contribution is 5.82. The van der Waals surface area contributed by atoms with E-state index in [1.807, 2.05) is 20.8 Å². The summed E-state index contributed by atoms with van der Waals surface area (Å²) in [5, 5.41) is 3.52. The zero-order chi connectivity index (χ0) is 22.7. The third-order valence-electron chi connectivity index (χ3n) is 6.03. The third-order valence-corrected chi connectivity index (χ3v) is 6.03. The van der Waals surface area contributed by atoms with Crippen LogP contribution in [0.2, 0.25) is 0 Å². The zero-order valence-corrected chi connectivity index (χ0v) is 19.8. The van der Waals surface area contributed by atoms with Gasteiger partial charge in [-0.25, -0.2) is 4.79 Å². The van der Waals surface area contributed by atoms with E-state index < -0.39 is 5.60 Å². The van der Waals surface area contributed by atoms with Crippen molar-refractivity contribution in [2.24, 2.45) is 4.99 Å². The molecule has 2 saturated heterocycles. The van der Waals surface area contributed by atoms with Crippen molar-refractivity contribution in [2.75, 3.05) is 45.9 Å². The number of aliphatic imine (C=N–C) groups is 1. The quantitative estimate of drug-likeness (QED) is 0.770. The molecule has 176 valence electrons. The van der Waals surface area contributed by atoms with Gasteiger partial charge in [0.2, 0.25) is 0 Å². The number of benzene rings is 1. The van der Waals surface area contributed by atoms with Crippen molar-refractivity contribution in [3.05, 3.63) is 35.4 Å². The number of nitrogens with zero attached hydrogens (tertiary/aromatic N) is 4. The molecule has 32 heavy (non-hydrogen) atoms. The molecule has 2 fully saturated rings. The molecular weight excluding hydrogens is 406 g/mol. The maximum atomic E-state index is 12.4. The van der Waals surface area contributed by atoms with Crippen LogP contribution in [0.3, 0.4) is 0 Å². The summed E-state index contributed by atoms with van der Waals surface area (Å²) < 4.78 is 11.2. The van der Waals surface area contributed by atoms with Gasteiger partial charge in [-0.2, -0.15) is 0 Å². The SMILES string of the molecule is CC1CN(Cc2cccc(CNC3=NCC4CN(C(=O)OC(C)(C)C)CCN34)c2)CCO1. The number of fused-ring (bicyclic) bond motifs is 1. The van der Waals surface area contributed by atoms with Gasteiger partial charge in [-0.15, -0.1) is 0 Å². The average molecular weight is 444 g/mol. The number of morpholine rings is 1. The average Bonchev–Trinajstić information content (AvgIpc) is 3.13. The molecule has 4 rings (SSSR count). The van der Waals surface area contributed by atoms with Crippen LogP contribution >= 0.6 is 0 Å². The lowest BCUT2D eigenvalue weighted by molar-refractivity contribution is -0.0212. The van der Waals surface area contributed by atoms with Gasteiger partial charge in [-0.3, -0.25) is 9.89 Å². The van der Waals surface area contributed by atoms with E-state index in [0.29, 0.717) is 25.7 Å². The molecule has 1 aromatic rings. The van der Waals surface area contributed by atoms with Gasteiger partial charge in [0.1, 0.15) is 5.60 Å². The molecule has 0 bridgehead atoms. The Morgan fingerprint density at radius 1 is 1.22 bits per heavy atom. The Bertz CT molecular complexity index is 837. The standard InChI is InChI=1S/C24H37N5O3/c1-18-15-27(10-11-31-18)16-20-7-5-6-19(12-20)13-25-22-26-14-21-17-28(8-9-29(21)22)23(30)32-24(2,3)4/h5-7,12,18,21H,8-11,13-17H2,1-4H3,(H,25,26). The highest BCUT2D eigenvalue weighted by atomic mass is 16.6. The normalized spacial score (nSPS) is 24.2. The Morgan fingerprint density at radius 2 is 2.03 bits per heavy atom. The summed E-state index contributed by atoms with van der Waals surface area (Å²) in [6.07, 6.45) is 0.0720. The number of guanidine groups is 1. The lowest BCUT2D eigenvalue weighted by atomic mass is 10.1. The molecule has 1 aromatic carbocycles. The van der Waals surface area contributed by atoms with E-state index in [4.69, 9.17) is 14.5 Å². The van der Waals surface area contributed by atoms with Crippen molar-refractivity contribution in [1.29, 1.82) is 0 Å². The van der Waals surface area contributed by atoms with Gasteiger partial charge in [-0.1, -0.05) is 24.3 Å². The van der Waals surface area contributed by atoms with Crippen LogP contribution in [0.1, 0.15) is 38.8 Å². The van der Waals surface area contributed by atoms with Crippen LogP contribution < -0.4 is 5.32 Å². The summed E-state index contributed by atoms with van der Waals surface area (Å²) in [5.74, 6) is 0.936. The maximum absolute atomic E-state index is 12.4. The van der Waals surface area contributed by atoms with Crippen molar-refractivity contribution in [1.82, 2.24) is 20.0 Å². The second kappa shape index (κ2) is 9.67. The summed E-state index contributed by atoms with van der Waals surface area (Å²) in [6.45, 7) is 15.1. The van der Waals surface area contributed by atoms with E-state index >= 15 is 0 Å². The van der Waals surface area contributed by atoms with Crippen molar-refractivity contribution >= 4 is 12.1 Å². The molecule has 1 amide bonds. The molecule has 8 heteroatoms. The fourth-order valence-corrected chi connectivity index (χ4v) is 4.53. The Hall–Kier alpha value is -2.32. The molecule has 0 aliphatic carbocycles. The molecule has 3 heterocycles. The number of carbonyl (C=O) groups excluding carboxylic acids is 1. The number of hydrogen-bond donors (Lipinski definition) is 1. The zero-order valence-electron chi connectivity index (χ0n) is 19.8. The molecule has 1 N–H and O–H groups in total. The van der Waals surface area contributed by atoms with Crippen LogP contribution in [0.25, 0.3) is 0 Å². The van der Waals surface area contributed by atoms with E-state index in [1.165, 1.54) is 11.1 Å². The van der Waals surface area contributed by atoms with Crippen molar-refractivity contribution in [3.8, 4) is 0 Å². The largest absolute Gasteiger partial charge is 0.444 e. The summed E-state index contributed by atoms with van der Waals surface area (Å²) in [7, 11) is 0. The summed E-state index contributed by atoms with van der Waals surface area (Å²) >= 11 is 0. The van der Waals surface area contributed by atoms with Crippen LogP contribution in [0.15, 0.2) is 29.3 Å². The molecule has 0 saturated carbocycles. The van der Waals surface area contributed by atoms with Gasteiger partial charge >= 0.3 is 6.09 Å². The second-order valence-corrected chi connectivity index (χ2v) is 10.0. The summed E-state index contributed by atoms with van der Waals surface area (Å²) in [6, 6.07) is 8.98. The highest BCUT2D eigenvalue weighted by Crippen LogP contribution is 2.19. The fraction of sp³-hybridized carbons (Fsp3) is 0.667. The van der Waals surface area contributed by atoms with Crippen LogP contribution in [0, 0.1) is 0 Å². The first-order valence-electron chi connectivity index (χ1n) is 11.7. The van der Waals surface area contributed by atoms with Crippen LogP contribution in [-0.2, 0) is 22.6 Å². The number of ether oxygens (including phenoxy) is 2. The van der Waals surface area contributed by atoms with E-state index in [0.717, 1.165) is 45.3 Å². The van der Waals surface area contributed by atoms with Gasteiger partial charge in [0.15, 0.2) is 5.96 Å². The number of amides is 1. The first-order valence-corrected chi connectivity index (χ1v) is 11.7. The Kier molecular flexibility index (Phi) is 6.90. The van der Waals surface area contributed by atoms with E-state index in [1.54, 1.807) is 4.90 Å². The van der Waals surface area contributed by atoms with Crippen LogP contribution in [0.5, 0.6) is 0 Å². The summed E-state index contributed by atoms with van der Waals surface area (Å²) in [5.41, 5.74) is 2.11. The molecule has 0 aromatic heterocycles. The predicted molar refractivity (Wildman–Crippen MR) is 125 cm³/mol. The van der Waals surface area contributed by atoms with Gasteiger partial charge < -0.3 is 24.6 Å². The van der Waals surface area contributed by atoms with E-state index in [9.17, 15) is 4.79 Å². The fourth-order valence-electron chi connectivity index (χ4n) is 4.53. The second-order valence-electron chi connectivity index (χ2n) is 10.0. The number of hydrogen-bond acceptors (Lipinski definition) is 7. The van der Waals surface area contributed by atoms with Gasteiger partial charge in [0, 0.05) is 45.8 Å². The molecule has 0 spiro atoms. The summed E-state index contributed by atoms with van der Waals surface area (Å²) in [4.78, 5) is 23.7. The minimum atomic E-state index is -0.471. The number of carbonyl (C=O) groups is 1. The number of piperazine rings is 1. The Labute approximate surface area is 191 Å². The van der Waals surface area contributed by atoms with Crippen LogP contribution in [0.4, 0.5) is 4.79 Å². The van der Waals surface area contributed by atoms with Crippen molar-refractivity contribution in [2.45, 2.75) is 58.5 Å². The van der Waals surface area contributed by atoms with Gasteiger partial charge in [0.05, 0.1) is 25.3 Å². The lowest BCUT2D eigenvalue weighted by Crippen LogP contribution is -2.57. The molecule has 3 aliphatic heterocycles. The molecule has 8 nitrogen and oxygen atoms in total. The molecular formula is C24H37N5O3. The Morgan fingerprint density at radius 3 is 2.81 bits per heavy atom. The van der Waals surface area contributed by atoms with Crippen molar-refractivity contribution in [3.63, 3.8) is 0 Å². The first-order chi connectivity index (χ1) is 15.3. The van der Waals surface area contributed by atoms with Crippen LogP contribution in [-0.4, -0.2) is 90.4 Å². The van der Waals surface area contributed by atoms with Gasteiger partial charge in [0.25, 0.3) is 0 Å². The third kappa shape index (κ3) is 5.92. The minimum Gasteiger partial charge on any atom is -0.444 e. The van der Waals surface area contributed by atoms with Gasteiger partial charge in [-0.05, 0) is 38.8 Å². The number of rotatable bonds is 4. The predicted octanol–water partition coefficient (Wildman–Crippen LogP) is 2.29. The molecule has 0 radical (unpaired) electrons. The lowest BCUT2D eigenvalue weighted by Gasteiger charge is -2.39. The first kappa shape index (κ1) is 22.9. The topological polar surface area (TPSA) is 69.6 Å². The molecule has 3 aliphatic rings. The van der Waals surface area contributed by atoms with E-state index in [-0.39, 0.29) is 12.1 Å². The maximum Gasteiger partial charge on any atom is 0.410 e. The van der Waals surface area contributed by atoms with E-state index in [2.05, 4.69) is 46.3 Å². The Balaban J connectivity index is 1.27. The molecule has 2 unspecified atom stereocenters. The number of nitrogens with one attached hydrogen (secondary N) is 1. The minimum absolute atomic E-state index is 0.216. The van der Waals surface area contributed by atoms with Crippen molar-refractivity contribution < 1.29 is 14.3 Å². The molecule has 2 atom stereocenters. The highest BCUT2D eigenvalue weighted by Gasteiger charge is 2.36.